The van der Waals surface area contributed by atoms with E-state index in [9.17, 15) is 8.42 Å². The number of pyridine rings is 1. The van der Waals surface area contributed by atoms with Crippen molar-refractivity contribution in [3.05, 3.63) is 78.1 Å². The number of nitrogens with zero attached hydrogens (tertiary/aromatic N) is 3. The van der Waals surface area contributed by atoms with Gasteiger partial charge in [0.1, 0.15) is 5.82 Å². The summed E-state index contributed by atoms with van der Waals surface area (Å²) in [5.74, 6) is 0.750. The van der Waals surface area contributed by atoms with Gasteiger partial charge < -0.3 is 4.57 Å². The molecule has 0 spiro atoms. The summed E-state index contributed by atoms with van der Waals surface area (Å²) in [6.45, 7) is 2.69. The lowest BCUT2D eigenvalue weighted by Crippen LogP contribution is -2.11. The second kappa shape index (κ2) is 6.61. The lowest BCUT2D eigenvalue weighted by Gasteiger charge is -2.10. The number of primary sulfonamides is 1. The summed E-state index contributed by atoms with van der Waals surface area (Å²) in [6, 6.07) is 16.6. The first-order valence-electron chi connectivity index (χ1n) is 8.41. The topological polar surface area (TPSA) is 90.9 Å². The summed E-state index contributed by atoms with van der Waals surface area (Å²) in [6.07, 6.45) is 3.50. The van der Waals surface area contributed by atoms with Crippen LogP contribution in [0.4, 0.5) is 0 Å². The monoisotopic (exact) mass is 378 g/mol. The van der Waals surface area contributed by atoms with Crippen molar-refractivity contribution in [2.45, 2.75) is 18.4 Å². The summed E-state index contributed by atoms with van der Waals surface area (Å²) >= 11 is 0. The second-order valence-electron chi connectivity index (χ2n) is 6.44. The third-order valence-electron chi connectivity index (χ3n) is 4.45. The second-order valence-corrected chi connectivity index (χ2v) is 8.00. The third kappa shape index (κ3) is 3.47. The SMILES string of the molecule is Cc1ccc(Cn2c(-c3ccc(S(N)(=O)=O)cc3)nc3ccncc32)cc1. The smallest absolute Gasteiger partial charge is 0.238 e. The first-order chi connectivity index (χ1) is 12.9. The molecular formula is C20H18N4O2S. The molecule has 0 aliphatic rings. The quantitative estimate of drug-likeness (QED) is 0.591. The summed E-state index contributed by atoms with van der Waals surface area (Å²) in [5.41, 5.74) is 4.91. The van der Waals surface area contributed by atoms with Crippen LogP contribution in [0.2, 0.25) is 0 Å². The summed E-state index contributed by atoms with van der Waals surface area (Å²) in [5, 5.41) is 5.19. The van der Waals surface area contributed by atoms with Gasteiger partial charge in [-0.25, -0.2) is 18.5 Å². The molecule has 27 heavy (non-hydrogen) atoms. The van der Waals surface area contributed by atoms with Gasteiger partial charge in [0.25, 0.3) is 0 Å². The number of sulfonamides is 1. The molecule has 136 valence electrons. The zero-order valence-electron chi connectivity index (χ0n) is 14.7. The molecule has 0 bridgehead atoms. The molecule has 7 heteroatoms. The Morgan fingerprint density at radius 2 is 1.70 bits per heavy atom. The van der Waals surface area contributed by atoms with Crippen molar-refractivity contribution >= 4 is 21.1 Å². The van der Waals surface area contributed by atoms with Gasteiger partial charge in [0.15, 0.2) is 0 Å². The highest BCUT2D eigenvalue weighted by Gasteiger charge is 2.14. The van der Waals surface area contributed by atoms with Gasteiger partial charge in [-0.1, -0.05) is 29.8 Å². The molecule has 2 N–H and O–H groups in total. The maximum atomic E-state index is 11.5. The minimum Gasteiger partial charge on any atom is -0.318 e. The Hall–Kier alpha value is -3.03. The number of hydrogen-bond donors (Lipinski definition) is 1. The maximum Gasteiger partial charge on any atom is 0.238 e. The highest BCUT2D eigenvalue weighted by Crippen LogP contribution is 2.26. The average Bonchev–Trinajstić information content (AvgIpc) is 3.02. The average molecular weight is 378 g/mol. The van der Waals surface area contributed by atoms with E-state index < -0.39 is 10.0 Å². The van der Waals surface area contributed by atoms with Gasteiger partial charge >= 0.3 is 0 Å². The van der Waals surface area contributed by atoms with E-state index >= 15 is 0 Å². The largest absolute Gasteiger partial charge is 0.318 e. The Morgan fingerprint density at radius 1 is 1.00 bits per heavy atom. The van der Waals surface area contributed by atoms with Crippen LogP contribution in [0, 0.1) is 6.92 Å². The van der Waals surface area contributed by atoms with Crippen LogP contribution in [0.3, 0.4) is 0 Å². The van der Waals surface area contributed by atoms with Crippen LogP contribution >= 0.6 is 0 Å². The molecule has 4 aromatic rings. The van der Waals surface area contributed by atoms with E-state index in [-0.39, 0.29) is 4.90 Å². The van der Waals surface area contributed by atoms with Gasteiger partial charge in [-0.15, -0.1) is 0 Å². The van der Waals surface area contributed by atoms with Crippen molar-refractivity contribution in [1.82, 2.24) is 14.5 Å². The zero-order chi connectivity index (χ0) is 19.0. The molecule has 0 atom stereocenters. The van der Waals surface area contributed by atoms with Gasteiger partial charge in [-0.3, -0.25) is 4.98 Å². The Morgan fingerprint density at radius 3 is 2.37 bits per heavy atom. The predicted molar refractivity (Wildman–Crippen MR) is 105 cm³/mol. The van der Waals surface area contributed by atoms with E-state index in [0.717, 1.165) is 28.0 Å². The van der Waals surface area contributed by atoms with Crippen molar-refractivity contribution in [3.63, 3.8) is 0 Å². The number of fused-ring (bicyclic) bond motifs is 1. The minimum absolute atomic E-state index is 0.0779. The van der Waals surface area contributed by atoms with E-state index in [1.807, 2.05) is 6.07 Å². The molecular weight excluding hydrogens is 360 g/mol. The van der Waals surface area contributed by atoms with Gasteiger partial charge in [0.2, 0.25) is 10.0 Å². The van der Waals surface area contributed by atoms with Gasteiger partial charge in [0.05, 0.1) is 22.1 Å². The molecule has 0 fully saturated rings. The molecule has 2 aromatic heterocycles. The number of benzene rings is 2. The number of rotatable bonds is 4. The Labute approximate surface area is 157 Å². The molecule has 0 saturated heterocycles. The Bertz CT molecular complexity index is 1210. The van der Waals surface area contributed by atoms with E-state index in [2.05, 4.69) is 40.7 Å². The fourth-order valence-corrected chi connectivity index (χ4v) is 3.54. The van der Waals surface area contributed by atoms with E-state index in [0.29, 0.717) is 6.54 Å². The van der Waals surface area contributed by atoms with Gasteiger partial charge in [-0.05, 0) is 42.8 Å². The maximum absolute atomic E-state index is 11.5. The highest BCUT2D eigenvalue weighted by molar-refractivity contribution is 7.89. The lowest BCUT2D eigenvalue weighted by molar-refractivity contribution is 0.598. The van der Waals surface area contributed by atoms with E-state index in [1.165, 1.54) is 17.7 Å². The van der Waals surface area contributed by atoms with Crippen LogP contribution in [-0.4, -0.2) is 23.0 Å². The van der Waals surface area contributed by atoms with Crippen LogP contribution in [0.1, 0.15) is 11.1 Å². The zero-order valence-corrected chi connectivity index (χ0v) is 15.5. The Kier molecular flexibility index (Phi) is 4.25. The van der Waals surface area contributed by atoms with Crippen molar-refractivity contribution in [3.8, 4) is 11.4 Å². The van der Waals surface area contributed by atoms with Gasteiger partial charge in [0, 0.05) is 18.3 Å². The number of aryl methyl sites for hydroxylation is 1. The molecule has 0 unspecified atom stereocenters. The standard InChI is InChI=1S/C20H18N4O2S/c1-14-2-4-15(5-3-14)13-24-19-12-22-11-10-18(19)23-20(24)16-6-8-17(9-7-16)27(21,25)26/h2-12H,13H2,1H3,(H2,21,25,26). The highest BCUT2D eigenvalue weighted by atomic mass is 32.2. The molecule has 2 heterocycles. The minimum atomic E-state index is -3.73. The van der Waals surface area contributed by atoms with Crippen molar-refractivity contribution in [1.29, 1.82) is 0 Å². The Balaban J connectivity index is 1.83. The van der Waals surface area contributed by atoms with Crippen molar-refractivity contribution in [2.24, 2.45) is 5.14 Å². The lowest BCUT2D eigenvalue weighted by atomic mass is 10.1. The molecule has 6 nitrogen and oxygen atoms in total. The molecule has 2 aromatic carbocycles. The molecule has 0 radical (unpaired) electrons. The fraction of sp³-hybridized carbons (Fsp3) is 0.100. The van der Waals surface area contributed by atoms with Crippen LogP contribution in [-0.2, 0) is 16.6 Å². The molecule has 0 amide bonds. The molecule has 4 rings (SSSR count). The van der Waals surface area contributed by atoms with Gasteiger partial charge in [-0.2, -0.15) is 0 Å². The number of hydrogen-bond acceptors (Lipinski definition) is 4. The molecule has 0 saturated carbocycles. The van der Waals surface area contributed by atoms with Crippen LogP contribution in [0.5, 0.6) is 0 Å². The normalized spacial score (nSPS) is 11.8. The summed E-state index contributed by atoms with van der Waals surface area (Å²) in [7, 11) is -3.73. The van der Waals surface area contributed by atoms with Crippen LogP contribution in [0.25, 0.3) is 22.4 Å². The summed E-state index contributed by atoms with van der Waals surface area (Å²) < 4.78 is 25.1. The number of imidazole rings is 1. The van der Waals surface area contributed by atoms with Crippen LogP contribution < -0.4 is 5.14 Å². The first-order valence-corrected chi connectivity index (χ1v) is 9.95. The third-order valence-corrected chi connectivity index (χ3v) is 5.38. The summed E-state index contributed by atoms with van der Waals surface area (Å²) in [4.78, 5) is 9.03. The number of nitrogens with two attached hydrogens (primary N) is 1. The van der Waals surface area contributed by atoms with E-state index in [4.69, 9.17) is 10.1 Å². The predicted octanol–water partition coefficient (Wildman–Crippen LogP) is 3.10. The number of aromatic nitrogens is 3. The van der Waals surface area contributed by atoms with E-state index in [1.54, 1.807) is 24.5 Å². The van der Waals surface area contributed by atoms with Crippen molar-refractivity contribution < 1.29 is 8.42 Å². The van der Waals surface area contributed by atoms with Crippen LogP contribution in [0.15, 0.2) is 71.9 Å². The fourth-order valence-electron chi connectivity index (χ4n) is 3.02. The molecule has 0 aliphatic heterocycles. The van der Waals surface area contributed by atoms with Crippen molar-refractivity contribution in [2.75, 3.05) is 0 Å². The molecule has 0 aliphatic carbocycles. The first kappa shape index (κ1) is 17.4.